The Kier molecular flexibility index (Phi) is 8.10. The van der Waals surface area contributed by atoms with Crippen molar-refractivity contribution in [1.82, 2.24) is 0 Å². The molecule has 3 aromatic rings. The largest absolute Gasteiger partial charge is 1.00 e. The van der Waals surface area contributed by atoms with Gasteiger partial charge in [0.1, 0.15) is 23.2 Å². The fourth-order valence-corrected chi connectivity index (χ4v) is 9.73. The molecule has 0 atom stereocenters. The molecule has 0 nitrogen and oxygen atoms in total. The molecule has 1 aliphatic rings. The van der Waals surface area contributed by atoms with Gasteiger partial charge in [0.25, 0.3) is 0 Å². The number of benzene rings is 3. The first-order valence-electron chi connectivity index (χ1n) is 10.9. The lowest BCUT2D eigenvalue weighted by atomic mass is 9.82. The van der Waals surface area contributed by atoms with Crippen molar-refractivity contribution in [2.24, 2.45) is 11.8 Å². The van der Waals surface area contributed by atoms with Crippen molar-refractivity contribution < 1.29 is 17.0 Å². The minimum absolute atomic E-state index is 0. The first-order chi connectivity index (χ1) is 13.8. The van der Waals surface area contributed by atoms with E-state index in [9.17, 15) is 0 Å². The summed E-state index contributed by atoms with van der Waals surface area (Å²) in [6.45, 7) is 2.36. The van der Waals surface area contributed by atoms with Crippen LogP contribution in [0.4, 0.5) is 0 Å². The molecule has 29 heavy (non-hydrogen) atoms. The molecular weight excluding hydrogens is 435 g/mol. The highest BCUT2D eigenvalue weighted by atomic mass is 79.9. The van der Waals surface area contributed by atoms with Crippen molar-refractivity contribution >= 4 is 23.2 Å². The lowest BCUT2D eigenvalue weighted by Gasteiger charge is -2.34. The first-order valence-corrected chi connectivity index (χ1v) is 12.8. The SMILES string of the molecule is CCC1CCC(C[P+](c2ccccc2)(c2ccccc2)c2ccccc2)CC1.[Br-]. The van der Waals surface area contributed by atoms with E-state index >= 15 is 0 Å². The molecule has 0 amide bonds. The minimum Gasteiger partial charge on any atom is -1.00 e. The Morgan fingerprint density at radius 3 is 1.28 bits per heavy atom. The van der Waals surface area contributed by atoms with Gasteiger partial charge in [-0.2, -0.15) is 0 Å². The summed E-state index contributed by atoms with van der Waals surface area (Å²) in [6.07, 6.45) is 8.28. The zero-order chi connectivity index (χ0) is 19.2. The number of halogens is 1. The van der Waals surface area contributed by atoms with E-state index in [0.717, 1.165) is 11.8 Å². The van der Waals surface area contributed by atoms with E-state index < -0.39 is 7.26 Å². The van der Waals surface area contributed by atoms with Crippen molar-refractivity contribution in [3.05, 3.63) is 91.0 Å². The molecule has 0 aliphatic heterocycles. The molecule has 0 spiro atoms. The minimum atomic E-state index is -1.65. The highest BCUT2D eigenvalue weighted by Gasteiger charge is 2.47. The second-order valence-electron chi connectivity index (χ2n) is 8.29. The van der Waals surface area contributed by atoms with Gasteiger partial charge in [0.15, 0.2) is 0 Å². The van der Waals surface area contributed by atoms with Crippen LogP contribution in [-0.2, 0) is 0 Å². The van der Waals surface area contributed by atoms with Crippen molar-refractivity contribution in [3.8, 4) is 0 Å². The summed E-state index contributed by atoms with van der Waals surface area (Å²) in [6, 6.07) is 34.1. The molecule has 0 bridgehead atoms. The molecule has 152 valence electrons. The second-order valence-corrected chi connectivity index (χ2v) is 11.8. The van der Waals surface area contributed by atoms with E-state index in [1.807, 2.05) is 0 Å². The number of hydrogen-bond donors (Lipinski definition) is 0. The van der Waals surface area contributed by atoms with Gasteiger partial charge in [0.2, 0.25) is 0 Å². The van der Waals surface area contributed by atoms with Gasteiger partial charge < -0.3 is 17.0 Å². The molecule has 1 saturated carbocycles. The van der Waals surface area contributed by atoms with Crippen LogP contribution in [0.25, 0.3) is 0 Å². The maximum absolute atomic E-state index is 2.38. The van der Waals surface area contributed by atoms with Gasteiger partial charge in [-0.05, 0) is 61.1 Å². The summed E-state index contributed by atoms with van der Waals surface area (Å²) in [5.74, 6) is 1.78. The summed E-state index contributed by atoms with van der Waals surface area (Å²) in [5, 5.41) is 4.60. The Morgan fingerprint density at radius 2 is 0.931 bits per heavy atom. The molecule has 3 aromatic carbocycles. The average Bonchev–Trinajstić information content (AvgIpc) is 2.80. The average molecular weight is 467 g/mol. The van der Waals surface area contributed by atoms with Crippen LogP contribution in [0.2, 0.25) is 0 Å². The molecule has 0 unspecified atom stereocenters. The van der Waals surface area contributed by atoms with E-state index in [2.05, 4.69) is 97.9 Å². The smallest absolute Gasteiger partial charge is 0.112 e. The van der Waals surface area contributed by atoms with Crippen LogP contribution in [0.5, 0.6) is 0 Å². The predicted molar refractivity (Wildman–Crippen MR) is 126 cm³/mol. The maximum Gasteiger partial charge on any atom is 0.112 e. The van der Waals surface area contributed by atoms with Crippen molar-refractivity contribution in [3.63, 3.8) is 0 Å². The van der Waals surface area contributed by atoms with Crippen molar-refractivity contribution in [1.29, 1.82) is 0 Å². The fraction of sp³-hybridized carbons (Fsp3) is 0.333. The Labute approximate surface area is 187 Å². The predicted octanol–water partition coefficient (Wildman–Crippen LogP) is 3.20. The van der Waals surface area contributed by atoms with Gasteiger partial charge in [-0.15, -0.1) is 0 Å². The van der Waals surface area contributed by atoms with Crippen molar-refractivity contribution in [2.45, 2.75) is 39.0 Å². The van der Waals surface area contributed by atoms with Crippen LogP contribution in [0.3, 0.4) is 0 Å². The lowest BCUT2D eigenvalue weighted by molar-refractivity contribution is -0.00000562. The summed E-state index contributed by atoms with van der Waals surface area (Å²) in [7, 11) is -1.65. The summed E-state index contributed by atoms with van der Waals surface area (Å²) in [4.78, 5) is 0. The molecule has 0 heterocycles. The van der Waals surface area contributed by atoms with Crippen LogP contribution >= 0.6 is 7.26 Å². The van der Waals surface area contributed by atoms with Gasteiger partial charge >= 0.3 is 0 Å². The summed E-state index contributed by atoms with van der Waals surface area (Å²) < 4.78 is 0. The number of rotatable bonds is 6. The Morgan fingerprint density at radius 1 is 0.586 bits per heavy atom. The van der Waals surface area contributed by atoms with Crippen LogP contribution in [0, 0.1) is 11.8 Å². The van der Waals surface area contributed by atoms with E-state index in [4.69, 9.17) is 0 Å². The Balaban J connectivity index is 0.00000240. The van der Waals surface area contributed by atoms with Crippen LogP contribution in [-0.4, -0.2) is 6.16 Å². The highest BCUT2D eigenvalue weighted by Crippen LogP contribution is 2.58. The topological polar surface area (TPSA) is 0 Å². The summed E-state index contributed by atoms with van der Waals surface area (Å²) in [5.41, 5.74) is 0. The zero-order valence-electron chi connectivity index (χ0n) is 17.4. The van der Waals surface area contributed by atoms with Gasteiger partial charge in [-0.3, -0.25) is 0 Å². The fourth-order valence-electron chi connectivity index (χ4n) is 5.02. The van der Waals surface area contributed by atoms with Crippen LogP contribution < -0.4 is 32.9 Å². The third-order valence-corrected chi connectivity index (χ3v) is 11.3. The van der Waals surface area contributed by atoms with Gasteiger partial charge in [-0.25, -0.2) is 0 Å². The zero-order valence-corrected chi connectivity index (χ0v) is 19.9. The molecule has 1 fully saturated rings. The van der Waals surface area contributed by atoms with Crippen LogP contribution in [0.1, 0.15) is 39.0 Å². The van der Waals surface area contributed by atoms with E-state index in [1.54, 1.807) is 0 Å². The molecule has 1 aliphatic carbocycles. The molecule has 0 N–H and O–H groups in total. The van der Waals surface area contributed by atoms with E-state index in [-0.39, 0.29) is 17.0 Å². The molecule has 4 rings (SSSR count). The number of hydrogen-bond acceptors (Lipinski definition) is 0. The third kappa shape index (κ3) is 4.84. The first kappa shape index (κ1) is 22.3. The molecule has 0 radical (unpaired) electrons. The summed E-state index contributed by atoms with van der Waals surface area (Å²) >= 11 is 0. The molecule has 0 aromatic heterocycles. The lowest BCUT2D eigenvalue weighted by Crippen LogP contribution is -3.00. The highest BCUT2D eigenvalue weighted by molar-refractivity contribution is 7.95. The second kappa shape index (κ2) is 10.6. The standard InChI is InChI=1S/C27H32P.BrH/c1-2-23-18-20-24(21-19-23)22-28(25-12-6-3-7-13-25,26-14-8-4-9-15-26)27-16-10-5-11-17-27;/h3-17,23-24H,2,18-22H2,1H3;1H/q+1;/p-1. The third-order valence-electron chi connectivity index (χ3n) is 6.67. The molecular formula is C27H32BrP. The van der Waals surface area contributed by atoms with E-state index in [0.29, 0.717) is 0 Å². The van der Waals surface area contributed by atoms with Crippen LogP contribution in [0.15, 0.2) is 91.0 Å². The molecule has 0 saturated heterocycles. The van der Waals surface area contributed by atoms with E-state index in [1.165, 1.54) is 54.2 Å². The Hall–Kier alpha value is -1.43. The van der Waals surface area contributed by atoms with Gasteiger partial charge in [0, 0.05) is 0 Å². The van der Waals surface area contributed by atoms with Crippen molar-refractivity contribution in [2.75, 3.05) is 6.16 Å². The molecule has 2 heteroatoms. The van der Waals surface area contributed by atoms with Gasteiger partial charge in [0.05, 0.1) is 6.16 Å². The quantitative estimate of drug-likeness (QED) is 0.489. The normalized spacial score (nSPS) is 19.3. The van der Waals surface area contributed by atoms with Gasteiger partial charge in [-0.1, -0.05) is 80.8 Å². The monoisotopic (exact) mass is 466 g/mol. The Bertz CT molecular complexity index is 743. The maximum atomic E-state index is 2.38.